The molecule has 0 atom stereocenters. The highest BCUT2D eigenvalue weighted by Gasteiger charge is 2.33. The van der Waals surface area contributed by atoms with E-state index < -0.39 is 5.60 Å². The molecule has 1 fully saturated rings. The Morgan fingerprint density at radius 3 is 2.39 bits per heavy atom. The zero-order valence-electron chi connectivity index (χ0n) is 12.4. The van der Waals surface area contributed by atoms with Crippen molar-refractivity contribution >= 4 is 5.91 Å². The van der Waals surface area contributed by atoms with Gasteiger partial charge in [0.15, 0.2) is 0 Å². The van der Waals surface area contributed by atoms with E-state index in [9.17, 15) is 9.90 Å². The lowest BCUT2D eigenvalue weighted by Crippen LogP contribution is -2.39. The molecule has 18 heavy (non-hydrogen) atoms. The van der Waals surface area contributed by atoms with E-state index in [0.717, 1.165) is 32.1 Å². The van der Waals surface area contributed by atoms with Crippen LogP contribution >= 0.6 is 0 Å². The molecule has 1 aliphatic rings. The molecule has 1 rings (SSSR count). The lowest BCUT2D eigenvalue weighted by atomic mass is 9.84. The van der Waals surface area contributed by atoms with Gasteiger partial charge >= 0.3 is 0 Å². The van der Waals surface area contributed by atoms with Crippen LogP contribution in [0.5, 0.6) is 0 Å². The van der Waals surface area contributed by atoms with Crippen LogP contribution < -0.4 is 5.32 Å². The number of hydrogen-bond acceptors (Lipinski definition) is 2. The van der Waals surface area contributed by atoms with E-state index in [4.69, 9.17) is 0 Å². The molecule has 0 saturated heterocycles. The maximum Gasteiger partial charge on any atom is 0.222 e. The van der Waals surface area contributed by atoms with E-state index >= 15 is 0 Å². The summed E-state index contributed by atoms with van der Waals surface area (Å²) < 4.78 is 0. The molecule has 2 N–H and O–H groups in total. The molecule has 3 heteroatoms. The van der Waals surface area contributed by atoms with Gasteiger partial charge in [0, 0.05) is 6.54 Å². The van der Waals surface area contributed by atoms with Crippen LogP contribution in [0.1, 0.15) is 66.2 Å². The van der Waals surface area contributed by atoms with E-state index in [1.54, 1.807) is 0 Å². The fraction of sp³-hybridized carbons (Fsp3) is 0.933. The van der Waals surface area contributed by atoms with E-state index in [-0.39, 0.29) is 17.7 Å². The fourth-order valence-electron chi connectivity index (χ4n) is 3.09. The number of aliphatic hydroxyl groups is 1. The minimum absolute atomic E-state index is 0.00349. The summed E-state index contributed by atoms with van der Waals surface area (Å²) in [7, 11) is 0. The summed E-state index contributed by atoms with van der Waals surface area (Å²) in [5.41, 5.74) is -0.603. The van der Waals surface area contributed by atoms with Crippen molar-refractivity contribution in [2.24, 2.45) is 11.3 Å². The molecule has 0 aromatic heterocycles. The zero-order chi connectivity index (χ0) is 13.8. The van der Waals surface area contributed by atoms with Crippen LogP contribution in [-0.2, 0) is 4.79 Å². The highest BCUT2D eigenvalue weighted by molar-refractivity contribution is 5.77. The molecular formula is C15H29NO2. The zero-order valence-corrected chi connectivity index (χ0v) is 12.4. The average Bonchev–Trinajstić information content (AvgIpc) is 2.60. The van der Waals surface area contributed by atoms with Crippen molar-refractivity contribution < 1.29 is 9.90 Å². The predicted octanol–water partition coefficient (Wildman–Crippen LogP) is 2.87. The molecule has 0 bridgehead atoms. The summed E-state index contributed by atoms with van der Waals surface area (Å²) in [5.74, 6) is 0.632. The highest BCUT2D eigenvalue weighted by Crippen LogP contribution is 2.32. The molecule has 1 amide bonds. The summed E-state index contributed by atoms with van der Waals surface area (Å²) in [4.78, 5) is 11.9. The minimum Gasteiger partial charge on any atom is -0.389 e. The third-order valence-electron chi connectivity index (χ3n) is 3.75. The Labute approximate surface area is 111 Å². The molecule has 0 radical (unpaired) electrons. The van der Waals surface area contributed by atoms with Crippen molar-refractivity contribution in [1.82, 2.24) is 5.32 Å². The molecule has 1 saturated carbocycles. The van der Waals surface area contributed by atoms with Crippen molar-refractivity contribution in [3.8, 4) is 0 Å². The third-order valence-corrected chi connectivity index (χ3v) is 3.75. The number of carbonyl (C=O) groups excluding carboxylic acids is 1. The van der Waals surface area contributed by atoms with Crippen LogP contribution in [0.25, 0.3) is 0 Å². The molecule has 0 spiro atoms. The van der Waals surface area contributed by atoms with Gasteiger partial charge in [-0.25, -0.2) is 0 Å². The number of rotatable bonds is 6. The minimum atomic E-state index is -0.730. The Bertz CT molecular complexity index is 278. The van der Waals surface area contributed by atoms with Gasteiger partial charge in [-0.1, -0.05) is 40.5 Å². The van der Waals surface area contributed by atoms with Gasteiger partial charge in [0.1, 0.15) is 0 Å². The first kappa shape index (κ1) is 15.5. The van der Waals surface area contributed by atoms with Gasteiger partial charge in [0.05, 0.1) is 12.0 Å². The number of carbonyl (C=O) groups is 1. The summed E-state index contributed by atoms with van der Waals surface area (Å²) in [6.07, 6.45) is 5.00. The summed E-state index contributed by atoms with van der Waals surface area (Å²) >= 11 is 0. The van der Waals surface area contributed by atoms with Crippen LogP contribution in [0.3, 0.4) is 0 Å². The van der Waals surface area contributed by atoms with Crippen LogP contribution in [0.4, 0.5) is 0 Å². The van der Waals surface area contributed by atoms with Gasteiger partial charge in [0.25, 0.3) is 0 Å². The van der Waals surface area contributed by atoms with Crippen molar-refractivity contribution in [3.05, 3.63) is 0 Å². The number of hydrogen-bond donors (Lipinski definition) is 2. The van der Waals surface area contributed by atoms with Crippen molar-refractivity contribution in [1.29, 1.82) is 0 Å². The first-order chi connectivity index (χ1) is 8.22. The molecule has 106 valence electrons. The van der Waals surface area contributed by atoms with E-state index in [0.29, 0.717) is 12.5 Å². The predicted molar refractivity (Wildman–Crippen MR) is 74.3 cm³/mol. The van der Waals surface area contributed by atoms with Crippen LogP contribution in [0, 0.1) is 11.3 Å². The van der Waals surface area contributed by atoms with Crippen LogP contribution in [-0.4, -0.2) is 23.2 Å². The Morgan fingerprint density at radius 2 is 1.89 bits per heavy atom. The van der Waals surface area contributed by atoms with Crippen molar-refractivity contribution in [3.63, 3.8) is 0 Å². The quantitative estimate of drug-likeness (QED) is 0.766. The first-order valence-electron chi connectivity index (χ1n) is 7.22. The van der Waals surface area contributed by atoms with Gasteiger partial charge in [-0.05, 0) is 30.6 Å². The number of nitrogens with one attached hydrogen (secondary N) is 1. The molecule has 0 aromatic carbocycles. The van der Waals surface area contributed by atoms with Gasteiger partial charge in [0.2, 0.25) is 5.91 Å². The summed E-state index contributed by atoms with van der Waals surface area (Å²) in [5, 5.41) is 13.2. The Kier molecular flexibility index (Phi) is 5.20. The molecule has 1 aliphatic carbocycles. The first-order valence-corrected chi connectivity index (χ1v) is 7.22. The maximum atomic E-state index is 11.9. The van der Waals surface area contributed by atoms with Gasteiger partial charge < -0.3 is 10.4 Å². The SMILES string of the molecule is CC(C)CC(C)(C)CNC(=O)CC1(O)CCCC1. The third kappa shape index (κ3) is 5.38. The molecular weight excluding hydrogens is 226 g/mol. The Balaban J connectivity index is 2.32. The second-order valence-corrected chi connectivity index (χ2v) is 7.15. The topological polar surface area (TPSA) is 49.3 Å². The normalized spacial score (nSPS) is 19.2. The van der Waals surface area contributed by atoms with Crippen molar-refractivity contribution in [2.75, 3.05) is 6.54 Å². The van der Waals surface area contributed by atoms with Gasteiger partial charge in [-0.15, -0.1) is 0 Å². The molecule has 0 aliphatic heterocycles. The standard InChI is InChI=1S/C15H29NO2/c1-12(2)9-14(3,4)11-16-13(17)10-15(18)7-5-6-8-15/h12,18H,5-11H2,1-4H3,(H,16,17). The monoisotopic (exact) mass is 255 g/mol. The number of amides is 1. The van der Waals surface area contributed by atoms with Crippen LogP contribution in [0.2, 0.25) is 0 Å². The highest BCUT2D eigenvalue weighted by atomic mass is 16.3. The lowest BCUT2D eigenvalue weighted by Gasteiger charge is -2.28. The van der Waals surface area contributed by atoms with Gasteiger partial charge in [-0.2, -0.15) is 0 Å². The second-order valence-electron chi connectivity index (χ2n) is 7.15. The maximum absolute atomic E-state index is 11.9. The summed E-state index contributed by atoms with van der Waals surface area (Å²) in [6, 6.07) is 0. The van der Waals surface area contributed by atoms with E-state index in [1.165, 1.54) is 0 Å². The van der Waals surface area contributed by atoms with Gasteiger partial charge in [-0.3, -0.25) is 4.79 Å². The molecule has 3 nitrogen and oxygen atoms in total. The lowest BCUT2D eigenvalue weighted by molar-refractivity contribution is -0.126. The molecule has 0 unspecified atom stereocenters. The van der Waals surface area contributed by atoms with E-state index in [1.807, 2.05) is 0 Å². The van der Waals surface area contributed by atoms with Crippen molar-refractivity contribution in [2.45, 2.75) is 71.8 Å². The second kappa shape index (κ2) is 6.05. The average molecular weight is 255 g/mol. The summed E-state index contributed by atoms with van der Waals surface area (Å²) in [6.45, 7) is 9.45. The van der Waals surface area contributed by atoms with Crippen LogP contribution in [0.15, 0.2) is 0 Å². The molecule has 0 aromatic rings. The smallest absolute Gasteiger partial charge is 0.222 e. The largest absolute Gasteiger partial charge is 0.389 e. The Hall–Kier alpha value is -0.570. The van der Waals surface area contributed by atoms with E-state index in [2.05, 4.69) is 33.0 Å². The molecule has 0 heterocycles. The Morgan fingerprint density at radius 1 is 1.33 bits per heavy atom. The fourth-order valence-corrected chi connectivity index (χ4v) is 3.09.